The van der Waals surface area contributed by atoms with Crippen molar-refractivity contribution < 1.29 is 0 Å². The minimum atomic E-state index is 0.356. The van der Waals surface area contributed by atoms with E-state index in [1.54, 1.807) is 24.8 Å². The summed E-state index contributed by atoms with van der Waals surface area (Å²) in [7, 11) is 0. The zero-order chi connectivity index (χ0) is 11.0. The molecular formula is C10H8N6. The molecule has 16 heavy (non-hydrogen) atoms. The van der Waals surface area contributed by atoms with Crippen LogP contribution in [0.25, 0.3) is 22.6 Å². The predicted octanol–water partition coefficient (Wildman–Crippen LogP) is 0.997. The van der Waals surface area contributed by atoms with Crippen LogP contribution < -0.4 is 5.73 Å². The third-order valence-corrected chi connectivity index (χ3v) is 2.23. The van der Waals surface area contributed by atoms with Crippen molar-refractivity contribution in [1.82, 2.24) is 24.9 Å². The number of nitrogens with one attached hydrogen (secondary N) is 1. The van der Waals surface area contributed by atoms with Crippen molar-refractivity contribution in [2.45, 2.75) is 0 Å². The molecule has 0 unspecified atom stereocenters. The van der Waals surface area contributed by atoms with Crippen LogP contribution in [0.15, 0.2) is 30.9 Å². The SMILES string of the molecule is Nc1nccnc1-c1nc2ccncc2[nH]1. The van der Waals surface area contributed by atoms with Crippen LogP contribution in [0.1, 0.15) is 0 Å². The minimum absolute atomic E-state index is 0.356. The number of nitrogens with zero attached hydrogens (tertiary/aromatic N) is 4. The molecule has 3 heterocycles. The Hall–Kier alpha value is -2.50. The lowest BCUT2D eigenvalue weighted by Crippen LogP contribution is -1.96. The van der Waals surface area contributed by atoms with E-state index in [2.05, 4.69) is 24.9 Å². The molecule has 0 atom stereocenters. The third-order valence-electron chi connectivity index (χ3n) is 2.23. The Kier molecular flexibility index (Phi) is 1.79. The topological polar surface area (TPSA) is 93.4 Å². The summed E-state index contributed by atoms with van der Waals surface area (Å²) in [6.07, 6.45) is 6.52. The summed E-state index contributed by atoms with van der Waals surface area (Å²) in [6, 6.07) is 1.82. The highest BCUT2D eigenvalue weighted by Gasteiger charge is 2.09. The second-order valence-corrected chi connectivity index (χ2v) is 3.27. The van der Waals surface area contributed by atoms with E-state index in [0.717, 1.165) is 11.0 Å². The average Bonchev–Trinajstić information content (AvgIpc) is 2.73. The average molecular weight is 212 g/mol. The first kappa shape index (κ1) is 8.78. The van der Waals surface area contributed by atoms with Gasteiger partial charge in [-0.25, -0.2) is 15.0 Å². The van der Waals surface area contributed by atoms with Gasteiger partial charge in [0.15, 0.2) is 11.6 Å². The molecule has 6 heteroatoms. The Bertz CT molecular complexity index is 611. The molecule has 3 rings (SSSR count). The first-order valence-corrected chi connectivity index (χ1v) is 4.71. The number of pyridine rings is 1. The number of rotatable bonds is 1. The summed E-state index contributed by atoms with van der Waals surface area (Å²) in [5.41, 5.74) is 7.96. The van der Waals surface area contributed by atoms with E-state index in [0.29, 0.717) is 17.3 Å². The molecule has 0 amide bonds. The molecule has 0 aliphatic carbocycles. The van der Waals surface area contributed by atoms with E-state index < -0.39 is 0 Å². The number of nitrogen functional groups attached to an aromatic ring is 1. The second kappa shape index (κ2) is 3.27. The lowest BCUT2D eigenvalue weighted by molar-refractivity contribution is 1.17. The van der Waals surface area contributed by atoms with Crippen molar-refractivity contribution in [1.29, 1.82) is 0 Å². The lowest BCUT2D eigenvalue weighted by Gasteiger charge is -1.97. The monoisotopic (exact) mass is 212 g/mol. The number of H-pyrrole nitrogens is 1. The van der Waals surface area contributed by atoms with Gasteiger partial charge in [-0.2, -0.15) is 0 Å². The highest BCUT2D eigenvalue weighted by atomic mass is 15.0. The number of nitrogens with two attached hydrogens (primary N) is 1. The van der Waals surface area contributed by atoms with Crippen molar-refractivity contribution in [3.63, 3.8) is 0 Å². The summed E-state index contributed by atoms with van der Waals surface area (Å²) in [5.74, 6) is 0.961. The van der Waals surface area contributed by atoms with Gasteiger partial charge in [-0.3, -0.25) is 4.98 Å². The molecule has 3 N–H and O–H groups in total. The van der Waals surface area contributed by atoms with Gasteiger partial charge in [0.2, 0.25) is 0 Å². The summed E-state index contributed by atoms with van der Waals surface area (Å²) in [4.78, 5) is 19.6. The van der Waals surface area contributed by atoms with Crippen molar-refractivity contribution in [3.8, 4) is 11.5 Å². The summed E-state index contributed by atoms with van der Waals surface area (Å²) in [5, 5.41) is 0. The van der Waals surface area contributed by atoms with Crippen molar-refractivity contribution in [2.24, 2.45) is 0 Å². The Morgan fingerprint density at radius 3 is 2.81 bits per heavy atom. The molecule has 0 spiro atoms. The molecular weight excluding hydrogens is 204 g/mol. The van der Waals surface area contributed by atoms with Crippen LogP contribution in [0.4, 0.5) is 5.82 Å². The number of aromatic nitrogens is 5. The summed E-state index contributed by atoms with van der Waals surface area (Å²) < 4.78 is 0. The molecule has 0 aliphatic rings. The maximum Gasteiger partial charge on any atom is 0.161 e. The number of hydrogen-bond donors (Lipinski definition) is 2. The van der Waals surface area contributed by atoms with Crippen LogP contribution in [0.2, 0.25) is 0 Å². The highest BCUT2D eigenvalue weighted by molar-refractivity contribution is 5.79. The molecule has 0 radical (unpaired) electrons. The smallest absolute Gasteiger partial charge is 0.161 e. The molecule has 0 saturated carbocycles. The molecule has 0 aromatic carbocycles. The van der Waals surface area contributed by atoms with Crippen LogP contribution >= 0.6 is 0 Å². The van der Waals surface area contributed by atoms with E-state index >= 15 is 0 Å². The highest BCUT2D eigenvalue weighted by Crippen LogP contribution is 2.20. The molecule has 3 aromatic rings. The fraction of sp³-hybridized carbons (Fsp3) is 0. The van der Waals surface area contributed by atoms with Gasteiger partial charge < -0.3 is 10.7 Å². The van der Waals surface area contributed by atoms with E-state index in [4.69, 9.17) is 5.73 Å². The normalized spacial score (nSPS) is 10.8. The number of imidazole rings is 1. The number of fused-ring (bicyclic) bond motifs is 1. The Labute approximate surface area is 90.6 Å². The van der Waals surface area contributed by atoms with Crippen LogP contribution in [0, 0.1) is 0 Å². The summed E-state index contributed by atoms with van der Waals surface area (Å²) in [6.45, 7) is 0. The van der Waals surface area contributed by atoms with Crippen LogP contribution in [0.3, 0.4) is 0 Å². The second-order valence-electron chi connectivity index (χ2n) is 3.27. The Morgan fingerprint density at radius 1 is 1.12 bits per heavy atom. The van der Waals surface area contributed by atoms with Crippen molar-refractivity contribution in [2.75, 3.05) is 5.73 Å². The Balaban J connectivity index is 2.23. The predicted molar refractivity (Wildman–Crippen MR) is 59.3 cm³/mol. The van der Waals surface area contributed by atoms with Gasteiger partial charge in [0.05, 0.1) is 17.2 Å². The van der Waals surface area contributed by atoms with Gasteiger partial charge in [0.25, 0.3) is 0 Å². The molecule has 0 aliphatic heterocycles. The first-order valence-electron chi connectivity index (χ1n) is 4.71. The maximum atomic E-state index is 5.73. The van der Waals surface area contributed by atoms with E-state index in [-0.39, 0.29) is 0 Å². The van der Waals surface area contributed by atoms with E-state index in [1.165, 1.54) is 0 Å². The maximum absolute atomic E-state index is 5.73. The van der Waals surface area contributed by atoms with Gasteiger partial charge in [-0.15, -0.1) is 0 Å². The lowest BCUT2D eigenvalue weighted by atomic mass is 10.4. The van der Waals surface area contributed by atoms with E-state index in [1.807, 2.05) is 6.07 Å². The van der Waals surface area contributed by atoms with Gasteiger partial charge in [0.1, 0.15) is 5.69 Å². The molecule has 78 valence electrons. The standard InChI is InChI=1S/C10H8N6/c11-9-8(13-3-4-14-9)10-15-6-1-2-12-5-7(6)16-10/h1-5H,(H2,11,14)(H,15,16). The zero-order valence-electron chi connectivity index (χ0n) is 8.25. The van der Waals surface area contributed by atoms with Gasteiger partial charge in [0, 0.05) is 18.6 Å². The molecule has 0 bridgehead atoms. The fourth-order valence-corrected chi connectivity index (χ4v) is 1.50. The molecule has 0 saturated heterocycles. The molecule has 6 nitrogen and oxygen atoms in total. The first-order chi connectivity index (χ1) is 7.84. The van der Waals surface area contributed by atoms with Gasteiger partial charge in [-0.1, -0.05) is 0 Å². The fourth-order valence-electron chi connectivity index (χ4n) is 1.50. The third kappa shape index (κ3) is 1.28. The largest absolute Gasteiger partial charge is 0.382 e. The van der Waals surface area contributed by atoms with Crippen molar-refractivity contribution in [3.05, 3.63) is 30.9 Å². The van der Waals surface area contributed by atoms with Crippen LogP contribution in [-0.2, 0) is 0 Å². The molecule has 3 aromatic heterocycles. The summed E-state index contributed by atoms with van der Waals surface area (Å²) >= 11 is 0. The van der Waals surface area contributed by atoms with Crippen molar-refractivity contribution >= 4 is 16.9 Å². The quantitative estimate of drug-likeness (QED) is 0.627. The molecule has 0 fully saturated rings. The number of hydrogen-bond acceptors (Lipinski definition) is 5. The Morgan fingerprint density at radius 2 is 2.00 bits per heavy atom. The van der Waals surface area contributed by atoms with Gasteiger partial charge in [-0.05, 0) is 6.07 Å². The van der Waals surface area contributed by atoms with E-state index in [9.17, 15) is 0 Å². The van der Waals surface area contributed by atoms with Gasteiger partial charge >= 0.3 is 0 Å². The minimum Gasteiger partial charge on any atom is -0.382 e. The number of aromatic amines is 1. The zero-order valence-corrected chi connectivity index (χ0v) is 8.25. The van der Waals surface area contributed by atoms with Crippen LogP contribution in [-0.4, -0.2) is 24.9 Å². The van der Waals surface area contributed by atoms with Crippen LogP contribution in [0.5, 0.6) is 0 Å². The number of anilines is 1.